The van der Waals surface area contributed by atoms with Gasteiger partial charge in [0.25, 0.3) is 0 Å². The number of carbonyl (C=O) groups excluding carboxylic acids is 2. The van der Waals surface area contributed by atoms with Gasteiger partial charge in [-0.1, -0.05) is 60.7 Å². The summed E-state index contributed by atoms with van der Waals surface area (Å²) in [5.41, 5.74) is 10.4. The highest BCUT2D eigenvalue weighted by atomic mass is 16.4. The van der Waals surface area contributed by atoms with E-state index in [2.05, 4.69) is 49.6 Å². The molecule has 6 atom stereocenters. The summed E-state index contributed by atoms with van der Waals surface area (Å²) in [5.74, 6) is -7.65. The Kier molecular flexibility index (Phi) is 18.3. The lowest BCUT2D eigenvalue weighted by atomic mass is 10.1. The van der Waals surface area contributed by atoms with Gasteiger partial charge in [0.05, 0.1) is 11.9 Å². The van der Waals surface area contributed by atoms with Gasteiger partial charge in [-0.2, -0.15) is 0 Å². The number of rotatable bonds is 8. The standard InChI is InChI=1S/2C8H11N.2C4H6O6/c2*1-7(9)8-5-3-2-4-6-8;2*5-1(3(7)8)2(6)4(9)10/h2*2-7H,9H2,1H3;2*1-2,5-6H,(H,7,8)(H,9,10)/t2*7-;2*1-,2-/m1110/s1. The van der Waals surface area contributed by atoms with Crippen LogP contribution in [-0.4, -0.2) is 78.9 Å². The molecule has 0 radical (unpaired) electrons. The normalized spacial score (nSPS) is 14.5. The average Bonchev–Trinajstić information content (AvgIpc) is 2.88. The number of quaternary nitrogens is 2. The van der Waals surface area contributed by atoms with Gasteiger partial charge in [0.1, 0.15) is 24.3 Å². The molecule has 0 saturated heterocycles. The molecule has 0 aliphatic rings. The highest BCUT2D eigenvalue weighted by Crippen LogP contribution is 2.05. The Morgan fingerprint density at radius 1 is 0.579 bits per heavy atom. The third-order valence-electron chi connectivity index (χ3n) is 4.32. The molecule has 0 bridgehead atoms. The molecule has 212 valence electrons. The molecular formula is C24H34N2O12. The zero-order chi connectivity index (χ0) is 30.0. The van der Waals surface area contributed by atoms with E-state index in [1.54, 1.807) is 0 Å². The quantitative estimate of drug-likeness (QED) is 0.156. The number of carbonyl (C=O) groups is 4. The van der Waals surface area contributed by atoms with Crippen LogP contribution < -0.4 is 21.7 Å². The summed E-state index contributed by atoms with van der Waals surface area (Å²) < 4.78 is 0. The summed E-state index contributed by atoms with van der Waals surface area (Å²) in [6, 6.07) is 21.4. The first kappa shape index (κ1) is 36.2. The van der Waals surface area contributed by atoms with Crippen LogP contribution in [0.4, 0.5) is 0 Å². The molecule has 38 heavy (non-hydrogen) atoms. The van der Waals surface area contributed by atoms with Crippen molar-refractivity contribution in [3.8, 4) is 0 Å². The van der Waals surface area contributed by atoms with Crippen LogP contribution in [0.5, 0.6) is 0 Å². The minimum absolute atomic E-state index is 0.409. The summed E-state index contributed by atoms with van der Waals surface area (Å²) >= 11 is 0. The predicted octanol–water partition coefficient (Wildman–Crippen LogP) is -4.94. The minimum atomic E-state index is -2.38. The number of carboxylic acid groups (broad SMARTS) is 4. The van der Waals surface area contributed by atoms with Crippen molar-refractivity contribution in [2.45, 2.75) is 50.3 Å². The van der Waals surface area contributed by atoms with Crippen LogP contribution in [0.3, 0.4) is 0 Å². The SMILES string of the molecule is C[C@@H]([NH3+])c1ccccc1.C[C@@H]([NH3+])c1ccccc1.O=C([O-])[C@@H](O)[C@H](O)C(=O)O.O=C([O-])[C@H](O)[C@@H](O)C(=O)O. The number of benzene rings is 2. The molecule has 2 aromatic carbocycles. The monoisotopic (exact) mass is 542 g/mol. The molecule has 0 unspecified atom stereocenters. The van der Waals surface area contributed by atoms with E-state index in [4.69, 9.17) is 30.6 Å². The van der Waals surface area contributed by atoms with Gasteiger partial charge in [-0.15, -0.1) is 0 Å². The van der Waals surface area contributed by atoms with Gasteiger partial charge in [0, 0.05) is 11.1 Å². The Morgan fingerprint density at radius 3 is 0.921 bits per heavy atom. The fourth-order valence-electron chi connectivity index (χ4n) is 2.09. The van der Waals surface area contributed by atoms with Crippen LogP contribution >= 0.6 is 0 Å². The molecular weight excluding hydrogens is 508 g/mol. The maximum atomic E-state index is 9.74. The van der Waals surface area contributed by atoms with Gasteiger partial charge >= 0.3 is 11.9 Å². The van der Waals surface area contributed by atoms with Gasteiger partial charge in [-0.25, -0.2) is 9.59 Å². The molecule has 0 aromatic heterocycles. The molecule has 14 heteroatoms. The Hall–Kier alpha value is -3.92. The molecule has 0 amide bonds. The van der Waals surface area contributed by atoms with Crippen molar-refractivity contribution >= 4 is 23.9 Å². The second-order valence-electron chi connectivity index (χ2n) is 7.72. The topological polar surface area (TPSA) is 291 Å². The summed E-state index contributed by atoms with van der Waals surface area (Å²) in [4.78, 5) is 38.8. The summed E-state index contributed by atoms with van der Waals surface area (Å²) in [7, 11) is 0. The lowest BCUT2D eigenvalue weighted by Gasteiger charge is -2.13. The molecule has 0 aliphatic carbocycles. The summed E-state index contributed by atoms with van der Waals surface area (Å²) in [6.07, 6.45) is -9.41. The highest BCUT2D eigenvalue weighted by Gasteiger charge is 2.24. The second-order valence-corrected chi connectivity index (χ2v) is 7.72. The molecule has 0 saturated carbocycles. The number of aliphatic carboxylic acids is 4. The van der Waals surface area contributed by atoms with E-state index in [0.717, 1.165) is 0 Å². The van der Waals surface area contributed by atoms with Gasteiger partial charge in [0.2, 0.25) is 0 Å². The Morgan fingerprint density at radius 2 is 0.816 bits per heavy atom. The van der Waals surface area contributed by atoms with E-state index >= 15 is 0 Å². The van der Waals surface area contributed by atoms with Crippen molar-refractivity contribution in [2.75, 3.05) is 0 Å². The van der Waals surface area contributed by atoms with Crippen LogP contribution in [0, 0.1) is 0 Å². The number of hydrogen-bond acceptors (Lipinski definition) is 10. The molecule has 14 nitrogen and oxygen atoms in total. The third kappa shape index (κ3) is 15.9. The Balaban J connectivity index is 0. The number of aliphatic hydroxyl groups is 4. The second kappa shape index (κ2) is 19.2. The first-order valence-corrected chi connectivity index (χ1v) is 10.9. The number of hydrogen-bond donors (Lipinski definition) is 8. The van der Waals surface area contributed by atoms with Crippen molar-refractivity contribution in [1.82, 2.24) is 0 Å². The number of aliphatic hydroxyl groups excluding tert-OH is 4. The van der Waals surface area contributed by atoms with Crippen LogP contribution in [0.15, 0.2) is 60.7 Å². The van der Waals surface area contributed by atoms with Crippen LogP contribution in [0.25, 0.3) is 0 Å². The van der Waals surface area contributed by atoms with Gasteiger partial charge in [-0.05, 0) is 13.8 Å². The molecule has 0 spiro atoms. The van der Waals surface area contributed by atoms with Crippen molar-refractivity contribution in [3.63, 3.8) is 0 Å². The highest BCUT2D eigenvalue weighted by molar-refractivity contribution is 5.82. The van der Waals surface area contributed by atoms with E-state index in [-0.39, 0.29) is 0 Å². The first-order chi connectivity index (χ1) is 17.5. The molecule has 0 aliphatic heterocycles. The zero-order valence-corrected chi connectivity index (χ0v) is 20.8. The fraction of sp³-hybridized carbons (Fsp3) is 0.333. The minimum Gasteiger partial charge on any atom is -0.547 e. The molecule has 2 rings (SSSR count). The fourth-order valence-corrected chi connectivity index (χ4v) is 2.09. The van der Waals surface area contributed by atoms with Crippen LogP contribution in [-0.2, 0) is 19.2 Å². The molecule has 2 aromatic rings. The molecule has 0 heterocycles. The molecule has 0 fully saturated rings. The average molecular weight is 543 g/mol. The zero-order valence-electron chi connectivity index (χ0n) is 20.8. The summed E-state index contributed by atoms with van der Waals surface area (Å²) in [6.45, 7) is 4.19. The van der Waals surface area contributed by atoms with Gasteiger partial charge in [-0.3, -0.25) is 0 Å². The van der Waals surface area contributed by atoms with Gasteiger partial charge in [0.15, 0.2) is 12.2 Å². The van der Waals surface area contributed by atoms with Crippen molar-refractivity contribution in [1.29, 1.82) is 0 Å². The van der Waals surface area contributed by atoms with E-state index in [0.29, 0.717) is 12.1 Å². The first-order valence-electron chi connectivity index (χ1n) is 10.9. The van der Waals surface area contributed by atoms with Crippen molar-refractivity contribution < 1.29 is 71.5 Å². The maximum absolute atomic E-state index is 9.74. The predicted molar refractivity (Wildman–Crippen MR) is 125 cm³/mol. The maximum Gasteiger partial charge on any atom is 0.335 e. The Bertz CT molecular complexity index is 855. The lowest BCUT2D eigenvalue weighted by Crippen LogP contribution is -2.51. The van der Waals surface area contributed by atoms with Crippen LogP contribution in [0.2, 0.25) is 0 Å². The lowest BCUT2D eigenvalue weighted by molar-refractivity contribution is -0.420. The van der Waals surface area contributed by atoms with E-state index < -0.39 is 48.3 Å². The Labute approximate surface area is 218 Å². The van der Waals surface area contributed by atoms with Crippen LogP contribution in [0.1, 0.15) is 37.1 Å². The summed E-state index contributed by atoms with van der Waals surface area (Å²) in [5, 5.41) is 68.3. The van der Waals surface area contributed by atoms with E-state index in [1.807, 2.05) is 36.4 Å². The van der Waals surface area contributed by atoms with E-state index in [1.165, 1.54) is 11.1 Å². The van der Waals surface area contributed by atoms with Crippen molar-refractivity contribution in [2.24, 2.45) is 0 Å². The van der Waals surface area contributed by atoms with Gasteiger partial charge < -0.3 is 61.9 Å². The van der Waals surface area contributed by atoms with E-state index in [9.17, 15) is 29.4 Å². The van der Waals surface area contributed by atoms with Crippen molar-refractivity contribution in [3.05, 3.63) is 71.8 Å². The number of carboxylic acids is 4. The third-order valence-corrected chi connectivity index (χ3v) is 4.32. The molecule has 12 N–H and O–H groups in total. The largest absolute Gasteiger partial charge is 0.547 e. The smallest absolute Gasteiger partial charge is 0.335 e.